The molecule has 4 heteroatoms. The molecule has 0 atom stereocenters. The SMILES string of the molecule is O=C(Nc1ccc2c(NC(=O)C34CC5CC(CC(C5)C3)C4)cccc2c1)C12CC3CC(CC(C3)C1)C2. The van der Waals surface area contributed by atoms with Crippen LogP contribution >= 0.6 is 0 Å². The zero-order valence-electron chi connectivity index (χ0n) is 21.2. The van der Waals surface area contributed by atoms with Gasteiger partial charge in [0.1, 0.15) is 0 Å². The van der Waals surface area contributed by atoms with Crippen molar-refractivity contribution in [1.82, 2.24) is 0 Å². The molecule has 0 radical (unpaired) electrons. The summed E-state index contributed by atoms with van der Waals surface area (Å²) in [5.74, 6) is 5.05. The normalized spacial score (nSPS) is 41.6. The van der Waals surface area contributed by atoms with Gasteiger partial charge in [0.05, 0.1) is 10.8 Å². The first kappa shape index (κ1) is 21.7. The van der Waals surface area contributed by atoms with Crippen molar-refractivity contribution in [3.63, 3.8) is 0 Å². The quantitative estimate of drug-likeness (QED) is 0.486. The Hall–Kier alpha value is -2.36. The van der Waals surface area contributed by atoms with Crippen molar-refractivity contribution >= 4 is 34.0 Å². The molecule has 0 aliphatic heterocycles. The minimum absolute atomic E-state index is 0.141. The van der Waals surface area contributed by atoms with Crippen molar-refractivity contribution in [2.45, 2.75) is 77.0 Å². The highest BCUT2D eigenvalue weighted by Gasteiger charge is 2.55. The zero-order chi connectivity index (χ0) is 24.1. The van der Waals surface area contributed by atoms with Gasteiger partial charge in [-0.05, 0) is 136 Å². The summed E-state index contributed by atoms with van der Waals surface area (Å²) in [5.41, 5.74) is 1.50. The fourth-order valence-electron chi connectivity index (χ4n) is 10.8. The smallest absolute Gasteiger partial charge is 0.230 e. The number of carbonyl (C=O) groups is 2. The summed E-state index contributed by atoms with van der Waals surface area (Å²) in [7, 11) is 0. The molecule has 8 fully saturated rings. The van der Waals surface area contributed by atoms with Crippen LogP contribution in [0, 0.1) is 46.3 Å². The van der Waals surface area contributed by atoms with Crippen LogP contribution < -0.4 is 10.6 Å². The Morgan fingerprint density at radius 3 is 1.58 bits per heavy atom. The van der Waals surface area contributed by atoms with Crippen LogP contribution in [0.3, 0.4) is 0 Å². The van der Waals surface area contributed by atoms with Crippen molar-refractivity contribution in [3.05, 3.63) is 36.4 Å². The minimum atomic E-state index is -0.150. The standard InChI is InChI=1S/C32H38N2O2/c35-29(31-13-19-6-20(14-31)8-21(7-19)15-31)33-26-4-5-27-25(12-26)2-1-3-28(27)34-30(36)32-16-22-9-23(17-32)11-24(10-22)18-32/h1-5,12,19-24H,6-11,13-18H2,(H,33,35)(H,34,36). The first-order chi connectivity index (χ1) is 17.5. The number of hydrogen-bond acceptors (Lipinski definition) is 2. The van der Waals surface area contributed by atoms with Gasteiger partial charge < -0.3 is 10.6 Å². The Labute approximate surface area is 214 Å². The molecule has 0 heterocycles. The third-order valence-electron chi connectivity index (χ3n) is 11.4. The topological polar surface area (TPSA) is 58.2 Å². The molecule has 2 amide bonds. The summed E-state index contributed by atoms with van der Waals surface area (Å²) < 4.78 is 0. The summed E-state index contributed by atoms with van der Waals surface area (Å²) in [6, 6.07) is 12.4. The lowest BCUT2D eigenvalue weighted by Gasteiger charge is -2.55. The number of fused-ring (bicyclic) bond motifs is 1. The van der Waals surface area contributed by atoms with E-state index in [1.807, 2.05) is 18.2 Å². The van der Waals surface area contributed by atoms with E-state index < -0.39 is 0 Å². The lowest BCUT2D eigenvalue weighted by molar-refractivity contribution is -0.141. The van der Waals surface area contributed by atoms with Crippen molar-refractivity contribution in [1.29, 1.82) is 0 Å². The fourth-order valence-corrected chi connectivity index (χ4v) is 10.8. The van der Waals surface area contributed by atoms with E-state index in [1.54, 1.807) is 0 Å². The second kappa shape index (κ2) is 7.58. The van der Waals surface area contributed by atoms with E-state index in [0.29, 0.717) is 0 Å². The number of anilines is 2. The van der Waals surface area contributed by atoms with Crippen LogP contribution in [0.5, 0.6) is 0 Å². The van der Waals surface area contributed by atoms with Gasteiger partial charge in [0, 0.05) is 16.8 Å². The molecule has 36 heavy (non-hydrogen) atoms. The Morgan fingerprint density at radius 2 is 1.08 bits per heavy atom. The van der Waals surface area contributed by atoms with Gasteiger partial charge in [-0.2, -0.15) is 0 Å². The average molecular weight is 483 g/mol. The van der Waals surface area contributed by atoms with Crippen LogP contribution in [0.1, 0.15) is 77.0 Å². The zero-order valence-corrected chi connectivity index (χ0v) is 21.2. The Balaban J connectivity index is 1.02. The highest BCUT2D eigenvalue weighted by Crippen LogP contribution is 2.61. The van der Waals surface area contributed by atoms with Crippen molar-refractivity contribution in [3.8, 4) is 0 Å². The van der Waals surface area contributed by atoms with Gasteiger partial charge in [0.25, 0.3) is 0 Å². The lowest BCUT2D eigenvalue weighted by Crippen LogP contribution is -2.51. The Morgan fingerprint density at radius 1 is 0.611 bits per heavy atom. The van der Waals surface area contributed by atoms with Crippen LogP contribution in [0.4, 0.5) is 11.4 Å². The van der Waals surface area contributed by atoms with Gasteiger partial charge in [0.2, 0.25) is 11.8 Å². The molecule has 0 spiro atoms. The lowest BCUT2D eigenvalue weighted by atomic mass is 9.49. The summed E-state index contributed by atoms with van der Waals surface area (Å²) in [6.07, 6.45) is 14.6. The molecule has 2 aromatic rings. The van der Waals surface area contributed by atoms with E-state index in [9.17, 15) is 9.59 Å². The number of amides is 2. The molecular weight excluding hydrogens is 444 g/mol. The molecule has 4 nitrogen and oxygen atoms in total. The van der Waals surface area contributed by atoms with E-state index in [4.69, 9.17) is 0 Å². The van der Waals surface area contributed by atoms with Crippen LogP contribution in [-0.4, -0.2) is 11.8 Å². The predicted octanol–water partition coefficient (Wildman–Crippen LogP) is 7.15. The van der Waals surface area contributed by atoms with Crippen molar-refractivity contribution in [2.75, 3.05) is 10.6 Å². The molecule has 10 rings (SSSR count). The van der Waals surface area contributed by atoms with Crippen LogP contribution in [0.15, 0.2) is 36.4 Å². The Kier molecular flexibility index (Phi) is 4.57. The molecule has 2 aromatic carbocycles. The van der Waals surface area contributed by atoms with Crippen molar-refractivity contribution < 1.29 is 9.59 Å². The molecule has 0 aromatic heterocycles. The molecule has 8 aliphatic rings. The number of rotatable bonds is 4. The van der Waals surface area contributed by atoms with Gasteiger partial charge in [-0.15, -0.1) is 0 Å². The van der Waals surface area contributed by atoms with E-state index in [1.165, 1.54) is 38.5 Å². The highest BCUT2D eigenvalue weighted by molar-refractivity contribution is 6.06. The van der Waals surface area contributed by atoms with Crippen molar-refractivity contribution in [2.24, 2.45) is 46.3 Å². The maximum absolute atomic E-state index is 13.7. The van der Waals surface area contributed by atoms with Crippen LogP contribution in [-0.2, 0) is 9.59 Å². The molecule has 0 saturated heterocycles. The first-order valence-corrected chi connectivity index (χ1v) is 14.6. The van der Waals surface area contributed by atoms with E-state index >= 15 is 0 Å². The number of nitrogens with one attached hydrogen (secondary N) is 2. The second-order valence-electron chi connectivity index (χ2n) is 14.0. The van der Waals surface area contributed by atoms with E-state index in [0.717, 1.165) is 96.2 Å². The van der Waals surface area contributed by atoms with Gasteiger partial charge in [-0.1, -0.05) is 18.2 Å². The molecule has 0 unspecified atom stereocenters. The summed E-state index contributed by atoms with van der Waals surface area (Å²) in [6.45, 7) is 0. The number of benzene rings is 2. The minimum Gasteiger partial charge on any atom is -0.326 e. The van der Waals surface area contributed by atoms with Gasteiger partial charge >= 0.3 is 0 Å². The number of hydrogen-bond donors (Lipinski definition) is 2. The Bertz CT molecular complexity index is 1190. The summed E-state index contributed by atoms with van der Waals surface area (Å²) in [4.78, 5) is 27.2. The molecule has 2 N–H and O–H groups in total. The van der Waals surface area contributed by atoms with Gasteiger partial charge in [0.15, 0.2) is 0 Å². The fraction of sp³-hybridized carbons (Fsp3) is 0.625. The third-order valence-corrected chi connectivity index (χ3v) is 11.4. The largest absolute Gasteiger partial charge is 0.326 e. The van der Waals surface area contributed by atoms with E-state index in [2.05, 4.69) is 28.8 Å². The van der Waals surface area contributed by atoms with Crippen LogP contribution in [0.2, 0.25) is 0 Å². The summed E-state index contributed by atoms with van der Waals surface area (Å²) >= 11 is 0. The molecule has 8 saturated carbocycles. The maximum Gasteiger partial charge on any atom is 0.230 e. The van der Waals surface area contributed by atoms with Gasteiger partial charge in [-0.3, -0.25) is 9.59 Å². The molecule has 188 valence electrons. The third kappa shape index (κ3) is 3.32. The number of carbonyl (C=O) groups excluding carboxylic acids is 2. The maximum atomic E-state index is 13.7. The highest BCUT2D eigenvalue weighted by atomic mass is 16.2. The monoisotopic (exact) mass is 482 g/mol. The summed E-state index contributed by atoms with van der Waals surface area (Å²) in [5, 5.41) is 8.81. The average Bonchev–Trinajstić information content (AvgIpc) is 2.82. The first-order valence-electron chi connectivity index (χ1n) is 14.6. The second-order valence-corrected chi connectivity index (χ2v) is 14.0. The predicted molar refractivity (Wildman–Crippen MR) is 142 cm³/mol. The molecular formula is C32H38N2O2. The molecule has 8 bridgehead atoms. The molecule has 8 aliphatic carbocycles. The van der Waals surface area contributed by atoms with Crippen LogP contribution in [0.25, 0.3) is 10.8 Å². The van der Waals surface area contributed by atoms with E-state index in [-0.39, 0.29) is 22.6 Å². The van der Waals surface area contributed by atoms with Gasteiger partial charge in [-0.25, -0.2) is 0 Å².